The normalized spacial score (nSPS) is 21.0. The molecule has 0 spiro atoms. The SMILES string of the molecule is CN(C)C[C@@H]1CCCN(Cc2c(F)cccc2Cl)C1. The van der Waals surface area contributed by atoms with Crippen LogP contribution < -0.4 is 0 Å². The molecule has 0 N–H and O–H groups in total. The maximum atomic E-state index is 13.8. The minimum atomic E-state index is -0.192. The van der Waals surface area contributed by atoms with Crippen molar-refractivity contribution in [2.24, 2.45) is 5.92 Å². The Labute approximate surface area is 120 Å². The zero-order chi connectivity index (χ0) is 13.8. The fraction of sp³-hybridized carbons (Fsp3) is 0.600. The molecule has 106 valence electrons. The van der Waals surface area contributed by atoms with Gasteiger partial charge in [0.15, 0.2) is 0 Å². The van der Waals surface area contributed by atoms with E-state index in [9.17, 15) is 4.39 Å². The van der Waals surface area contributed by atoms with Gasteiger partial charge in [0.05, 0.1) is 0 Å². The number of rotatable bonds is 4. The Balaban J connectivity index is 1.99. The zero-order valence-electron chi connectivity index (χ0n) is 11.7. The summed E-state index contributed by atoms with van der Waals surface area (Å²) in [6.07, 6.45) is 2.45. The molecule has 1 fully saturated rings. The molecule has 1 atom stereocenters. The fourth-order valence-electron chi connectivity index (χ4n) is 2.87. The van der Waals surface area contributed by atoms with E-state index < -0.39 is 0 Å². The van der Waals surface area contributed by atoms with Crippen LogP contribution >= 0.6 is 11.6 Å². The minimum absolute atomic E-state index is 0.192. The van der Waals surface area contributed by atoms with Gasteiger partial charge >= 0.3 is 0 Å². The van der Waals surface area contributed by atoms with E-state index in [1.807, 2.05) is 0 Å². The van der Waals surface area contributed by atoms with E-state index in [0.29, 0.717) is 23.0 Å². The summed E-state index contributed by atoms with van der Waals surface area (Å²) in [4.78, 5) is 4.55. The van der Waals surface area contributed by atoms with Gasteiger partial charge in [-0.15, -0.1) is 0 Å². The first-order valence-electron chi connectivity index (χ1n) is 6.86. The molecule has 0 aliphatic carbocycles. The van der Waals surface area contributed by atoms with E-state index in [4.69, 9.17) is 11.6 Å². The maximum Gasteiger partial charge on any atom is 0.129 e. The number of nitrogens with zero attached hydrogens (tertiary/aromatic N) is 2. The molecule has 19 heavy (non-hydrogen) atoms. The lowest BCUT2D eigenvalue weighted by atomic mass is 9.97. The molecule has 1 heterocycles. The van der Waals surface area contributed by atoms with Crippen LogP contribution in [0, 0.1) is 11.7 Å². The van der Waals surface area contributed by atoms with Crippen molar-refractivity contribution in [1.29, 1.82) is 0 Å². The third-order valence-electron chi connectivity index (χ3n) is 3.67. The number of halogens is 2. The fourth-order valence-corrected chi connectivity index (χ4v) is 3.09. The lowest BCUT2D eigenvalue weighted by Crippen LogP contribution is -2.39. The molecule has 2 nitrogen and oxygen atoms in total. The highest BCUT2D eigenvalue weighted by Crippen LogP contribution is 2.24. The molecule has 1 aromatic rings. The lowest BCUT2D eigenvalue weighted by molar-refractivity contribution is 0.144. The summed E-state index contributed by atoms with van der Waals surface area (Å²) in [6, 6.07) is 4.91. The monoisotopic (exact) mass is 284 g/mol. The second-order valence-electron chi connectivity index (χ2n) is 5.71. The van der Waals surface area contributed by atoms with Gasteiger partial charge in [-0.3, -0.25) is 4.90 Å². The summed E-state index contributed by atoms with van der Waals surface area (Å²) in [5.74, 6) is 0.483. The van der Waals surface area contributed by atoms with E-state index in [0.717, 1.165) is 19.6 Å². The average molecular weight is 285 g/mol. The molecule has 2 rings (SSSR count). The number of likely N-dealkylation sites (tertiary alicyclic amines) is 1. The molecule has 1 aliphatic rings. The molecule has 0 amide bonds. The van der Waals surface area contributed by atoms with Crippen molar-refractivity contribution in [3.05, 3.63) is 34.6 Å². The lowest BCUT2D eigenvalue weighted by Gasteiger charge is -2.34. The highest BCUT2D eigenvalue weighted by molar-refractivity contribution is 6.31. The maximum absolute atomic E-state index is 13.8. The summed E-state index contributed by atoms with van der Waals surface area (Å²) in [5.41, 5.74) is 0.634. The Morgan fingerprint density at radius 1 is 1.42 bits per heavy atom. The molecule has 0 radical (unpaired) electrons. The Kier molecular flexibility index (Phi) is 5.20. The standard InChI is InChI=1S/C15H22ClFN2/c1-18(2)9-12-5-4-8-19(10-12)11-13-14(16)6-3-7-15(13)17/h3,6-7,12H,4-5,8-11H2,1-2H3/t12-/m0/s1. The van der Waals surface area contributed by atoms with Crippen LogP contribution in [0.2, 0.25) is 5.02 Å². The van der Waals surface area contributed by atoms with E-state index in [-0.39, 0.29) is 5.82 Å². The Bertz CT molecular complexity index is 402. The molecule has 4 heteroatoms. The van der Waals surface area contributed by atoms with E-state index in [1.54, 1.807) is 12.1 Å². The molecule has 1 aliphatic heterocycles. The molecule has 0 bridgehead atoms. The van der Waals surface area contributed by atoms with Gasteiger partial charge in [-0.2, -0.15) is 0 Å². The van der Waals surface area contributed by atoms with Crippen LogP contribution in [0.1, 0.15) is 18.4 Å². The van der Waals surface area contributed by atoms with Gasteiger partial charge in [0, 0.05) is 30.2 Å². The van der Waals surface area contributed by atoms with Crippen molar-refractivity contribution in [3.8, 4) is 0 Å². The Hall–Kier alpha value is -0.640. The molecule has 0 unspecified atom stereocenters. The van der Waals surface area contributed by atoms with Gasteiger partial charge in [-0.1, -0.05) is 17.7 Å². The van der Waals surface area contributed by atoms with Crippen molar-refractivity contribution in [2.45, 2.75) is 19.4 Å². The molecular weight excluding hydrogens is 263 g/mol. The Morgan fingerprint density at radius 3 is 2.89 bits per heavy atom. The van der Waals surface area contributed by atoms with Gasteiger partial charge < -0.3 is 4.90 Å². The van der Waals surface area contributed by atoms with Crippen LogP contribution in [-0.4, -0.2) is 43.5 Å². The second-order valence-corrected chi connectivity index (χ2v) is 6.11. The molecule has 1 aromatic carbocycles. The predicted octanol–water partition coefficient (Wildman–Crippen LogP) is 3.25. The summed E-state index contributed by atoms with van der Waals surface area (Å²) in [6.45, 7) is 3.79. The predicted molar refractivity (Wildman–Crippen MR) is 78.0 cm³/mol. The second kappa shape index (κ2) is 6.69. The minimum Gasteiger partial charge on any atom is -0.309 e. The highest BCUT2D eigenvalue weighted by Gasteiger charge is 2.21. The van der Waals surface area contributed by atoms with Crippen LogP contribution in [0.4, 0.5) is 4.39 Å². The summed E-state index contributed by atoms with van der Waals surface area (Å²) in [7, 11) is 4.21. The molecule has 0 saturated carbocycles. The summed E-state index contributed by atoms with van der Waals surface area (Å²) < 4.78 is 13.8. The van der Waals surface area contributed by atoms with Gasteiger partial charge in [0.1, 0.15) is 5.82 Å². The first-order valence-corrected chi connectivity index (χ1v) is 7.24. The van der Waals surface area contributed by atoms with Gasteiger partial charge in [-0.25, -0.2) is 4.39 Å². The summed E-state index contributed by atoms with van der Waals surface area (Å²) >= 11 is 6.09. The van der Waals surface area contributed by atoms with E-state index >= 15 is 0 Å². The smallest absolute Gasteiger partial charge is 0.129 e. The van der Waals surface area contributed by atoms with Gasteiger partial charge in [0.25, 0.3) is 0 Å². The van der Waals surface area contributed by atoms with Gasteiger partial charge in [0.2, 0.25) is 0 Å². The first kappa shape index (κ1) is 14.8. The van der Waals surface area contributed by atoms with Gasteiger partial charge in [-0.05, 0) is 51.5 Å². The molecular formula is C15H22ClFN2. The largest absolute Gasteiger partial charge is 0.309 e. The van der Waals surface area contributed by atoms with Crippen molar-refractivity contribution >= 4 is 11.6 Å². The molecule has 0 aromatic heterocycles. The summed E-state index contributed by atoms with van der Waals surface area (Å²) in [5, 5.41) is 0.537. The van der Waals surface area contributed by atoms with Crippen LogP contribution in [-0.2, 0) is 6.54 Å². The average Bonchev–Trinajstić information content (AvgIpc) is 2.34. The quantitative estimate of drug-likeness (QED) is 0.837. The van der Waals surface area contributed by atoms with Crippen LogP contribution in [0.5, 0.6) is 0 Å². The first-order chi connectivity index (χ1) is 9.06. The Morgan fingerprint density at radius 2 is 2.21 bits per heavy atom. The topological polar surface area (TPSA) is 6.48 Å². The van der Waals surface area contributed by atoms with E-state index in [1.165, 1.54) is 18.9 Å². The van der Waals surface area contributed by atoms with Crippen molar-refractivity contribution in [1.82, 2.24) is 9.80 Å². The third kappa shape index (κ3) is 4.16. The van der Waals surface area contributed by atoms with Crippen LogP contribution in [0.3, 0.4) is 0 Å². The van der Waals surface area contributed by atoms with E-state index in [2.05, 4.69) is 23.9 Å². The van der Waals surface area contributed by atoms with Crippen molar-refractivity contribution < 1.29 is 4.39 Å². The van der Waals surface area contributed by atoms with Crippen LogP contribution in [0.25, 0.3) is 0 Å². The zero-order valence-corrected chi connectivity index (χ0v) is 12.5. The third-order valence-corrected chi connectivity index (χ3v) is 4.02. The van der Waals surface area contributed by atoms with Crippen LogP contribution in [0.15, 0.2) is 18.2 Å². The number of piperidine rings is 1. The number of hydrogen-bond acceptors (Lipinski definition) is 2. The highest BCUT2D eigenvalue weighted by atomic mass is 35.5. The molecule has 1 saturated heterocycles. The van der Waals surface area contributed by atoms with Crippen molar-refractivity contribution in [3.63, 3.8) is 0 Å². The number of hydrogen-bond donors (Lipinski definition) is 0. The van der Waals surface area contributed by atoms with Crippen molar-refractivity contribution in [2.75, 3.05) is 33.7 Å². The number of benzene rings is 1.